The van der Waals surface area contributed by atoms with Gasteiger partial charge in [-0.3, -0.25) is 0 Å². The maximum atomic E-state index is 6.16. The molecule has 0 bridgehead atoms. The number of rotatable bonds is 1. The SMILES string of the molecule is Cc1ccc2c(oc3ccc(-n4c5ccccc5c5ccccc54)cc32)c1Br. The smallest absolute Gasteiger partial charge is 0.149 e. The van der Waals surface area contributed by atoms with Crippen molar-refractivity contribution in [2.24, 2.45) is 0 Å². The van der Waals surface area contributed by atoms with Crippen LogP contribution in [0.5, 0.6) is 0 Å². The number of hydrogen-bond acceptors (Lipinski definition) is 1. The van der Waals surface area contributed by atoms with Crippen molar-refractivity contribution in [3.05, 3.63) is 88.9 Å². The van der Waals surface area contributed by atoms with Crippen molar-refractivity contribution in [3.8, 4) is 5.69 Å². The molecule has 2 heterocycles. The number of aryl methyl sites for hydroxylation is 1. The van der Waals surface area contributed by atoms with Gasteiger partial charge in [-0.25, -0.2) is 0 Å². The van der Waals surface area contributed by atoms with Gasteiger partial charge < -0.3 is 8.98 Å². The summed E-state index contributed by atoms with van der Waals surface area (Å²) in [5.41, 5.74) is 6.57. The van der Waals surface area contributed by atoms with Crippen LogP contribution in [-0.4, -0.2) is 4.57 Å². The third-order valence-electron chi connectivity index (χ3n) is 5.59. The highest BCUT2D eigenvalue weighted by molar-refractivity contribution is 9.10. The number of benzene rings is 4. The lowest BCUT2D eigenvalue weighted by Crippen LogP contribution is -1.93. The second kappa shape index (κ2) is 5.73. The summed E-state index contributed by atoms with van der Waals surface area (Å²) in [6.07, 6.45) is 0. The molecule has 0 radical (unpaired) electrons. The zero-order valence-corrected chi connectivity index (χ0v) is 16.8. The molecule has 0 unspecified atom stereocenters. The normalized spacial score (nSPS) is 11.9. The fraction of sp³-hybridized carbons (Fsp3) is 0.0400. The van der Waals surface area contributed by atoms with Crippen LogP contribution in [0.3, 0.4) is 0 Å². The molecule has 0 saturated carbocycles. The van der Waals surface area contributed by atoms with E-state index in [1.54, 1.807) is 0 Å². The zero-order chi connectivity index (χ0) is 18.8. The molecule has 0 aliphatic rings. The molecular weight excluding hydrogens is 410 g/mol. The second-order valence-corrected chi connectivity index (χ2v) is 8.02. The maximum absolute atomic E-state index is 6.16. The number of halogens is 1. The molecule has 28 heavy (non-hydrogen) atoms. The van der Waals surface area contributed by atoms with Gasteiger partial charge in [0, 0.05) is 27.2 Å². The van der Waals surface area contributed by atoms with Gasteiger partial charge in [-0.15, -0.1) is 0 Å². The van der Waals surface area contributed by atoms with Crippen LogP contribution in [0.4, 0.5) is 0 Å². The molecule has 0 saturated heterocycles. The minimum Gasteiger partial charge on any atom is -0.455 e. The molecule has 3 heteroatoms. The Morgan fingerprint density at radius 3 is 2.11 bits per heavy atom. The van der Waals surface area contributed by atoms with Gasteiger partial charge >= 0.3 is 0 Å². The molecule has 2 aromatic heterocycles. The minimum absolute atomic E-state index is 0.908. The molecule has 2 nitrogen and oxygen atoms in total. The highest BCUT2D eigenvalue weighted by Crippen LogP contribution is 2.38. The Kier molecular flexibility index (Phi) is 3.27. The fourth-order valence-electron chi connectivity index (χ4n) is 4.23. The Morgan fingerprint density at radius 2 is 1.39 bits per heavy atom. The van der Waals surface area contributed by atoms with Crippen molar-refractivity contribution in [1.29, 1.82) is 0 Å². The van der Waals surface area contributed by atoms with E-state index < -0.39 is 0 Å². The van der Waals surface area contributed by atoms with Crippen LogP contribution in [0, 0.1) is 6.92 Å². The molecule has 0 N–H and O–H groups in total. The molecule has 0 atom stereocenters. The first kappa shape index (κ1) is 16.0. The zero-order valence-electron chi connectivity index (χ0n) is 15.2. The first-order valence-electron chi connectivity index (χ1n) is 9.32. The van der Waals surface area contributed by atoms with Crippen molar-refractivity contribution in [2.75, 3.05) is 0 Å². The molecule has 0 aliphatic carbocycles. The molecule has 0 fully saturated rings. The van der Waals surface area contributed by atoms with E-state index in [0.29, 0.717) is 0 Å². The van der Waals surface area contributed by atoms with Crippen LogP contribution in [0.1, 0.15) is 5.56 Å². The lowest BCUT2D eigenvalue weighted by atomic mass is 10.1. The Hall–Kier alpha value is -3.04. The van der Waals surface area contributed by atoms with Gasteiger partial charge in [-0.1, -0.05) is 48.5 Å². The standard InChI is InChI=1S/C25H16BrNO/c1-15-10-12-19-20-14-16(11-13-23(20)28-25(19)24(15)26)27-21-8-4-2-6-17(21)18-7-3-5-9-22(18)27/h2-14H,1H3. The van der Waals surface area contributed by atoms with Gasteiger partial charge in [0.15, 0.2) is 0 Å². The largest absolute Gasteiger partial charge is 0.455 e. The summed E-state index contributed by atoms with van der Waals surface area (Å²) in [6, 6.07) is 27.9. The van der Waals surface area contributed by atoms with E-state index in [1.807, 2.05) is 0 Å². The molecule has 6 aromatic rings. The number of fused-ring (bicyclic) bond motifs is 6. The van der Waals surface area contributed by atoms with E-state index in [9.17, 15) is 0 Å². The summed E-state index contributed by atoms with van der Waals surface area (Å²) in [5, 5.41) is 4.81. The van der Waals surface area contributed by atoms with Gasteiger partial charge in [-0.2, -0.15) is 0 Å². The number of hydrogen-bond donors (Lipinski definition) is 0. The van der Waals surface area contributed by atoms with Crippen molar-refractivity contribution in [2.45, 2.75) is 6.92 Å². The first-order valence-corrected chi connectivity index (χ1v) is 10.1. The molecule has 4 aromatic carbocycles. The summed E-state index contributed by atoms with van der Waals surface area (Å²) in [5.74, 6) is 0. The summed E-state index contributed by atoms with van der Waals surface area (Å²) < 4.78 is 9.52. The number of furan rings is 1. The van der Waals surface area contributed by atoms with Crippen LogP contribution in [0.25, 0.3) is 49.4 Å². The maximum Gasteiger partial charge on any atom is 0.149 e. The quantitative estimate of drug-likeness (QED) is 0.263. The van der Waals surface area contributed by atoms with Crippen LogP contribution in [0.15, 0.2) is 87.8 Å². The highest BCUT2D eigenvalue weighted by Gasteiger charge is 2.15. The highest BCUT2D eigenvalue weighted by atomic mass is 79.9. The lowest BCUT2D eigenvalue weighted by molar-refractivity contribution is 0.666. The number of para-hydroxylation sites is 2. The number of aromatic nitrogens is 1. The van der Waals surface area contributed by atoms with Gasteiger partial charge in [0.25, 0.3) is 0 Å². The van der Waals surface area contributed by atoms with Crippen molar-refractivity contribution < 1.29 is 4.42 Å². The van der Waals surface area contributed by atoms with Crippen molar-refractivity contribution in [3.63, 3.8) is 0 Å². The van der Waals surface area contributed by atoms with E-state index >= 15 is 0 Å². The second-order valence-electron chi connectivity index (χ2n) is 7.23. The lowest BCUT2D eigenvalue weighted by Gasteiger charge is -2.07. The fourth-order valence-corrected chi connectivity index (χ4v) is 4.66. The average Bonchev–Trinajstić information content (AvgIpc) is 3.26. The van der Waals surface area contributed by atoms with Crippen LogP contribution < -0.4 is 0 Å². The van der Waals surface area contributed by atoms with Gasteiger partial charge in [0.05, 0.1) is 15.5 Å². The summed E-state index contributed by atoms with van der Waals surface area (Å²) in [4.78, 5) is 0. The third-order valence-corrected chi connectivity index (χ3v) is 6.58. The van der Waals surface area contributed by atoms with E-state index in [4.69, 9.17) is 4.42 Å². The summed E-state index contributed by atoms with van der Waals surface area (Å²) in [7, 11) is 0. The van der Waals surface area contributed by atoms with Crippen molar-refractivity contribution in [1.82, 2.24) is 4.57 Å². The van der Waals surface area contributed by atoms with Crippen LogP contribution >= 0.6 is 15.9 Å². The molecule has 0 spiro atoms. The Labute approximate surface area is 170 Å². The predicted octanol–water partition coefficient (Wildman–Crippen LogP) is 7.75. The summed E-state index contributed by atoms with van der Waals surface area (Å²) >= 11 is 3.68. The Balaban J connectivity index is 1.73. The Bertz CT molecular complexity index is 1480. The monoisotopic (exact) mass is 425 g/mol. The van der Waals surface area contributed by atoms with E-state index in [2.05, 4.69) is 106 Å². The van der Waals surface area contributed by atoms with Crippen LogP contribution in [-0.2, 0) is 0 Å². The minimum atomic E-state index is 0.908. The van der Waals surface area contributed by atoms with Crippen molar-refractivity contribution >= 4 is 59.7 Å². The molecule has 0 aliphatic heterocycles. The van der Waals surface area contributed by atoms with E-state index in [-0.39, 0.29) is 0 Å². The van der Waals surface area contributed by atoms with Gasteiger partial charge in [0.2, 0.25) is 0 Å². The molecule has 0 amide bonds. The number of nitrogens with zero attached hydrogens (tertiary/aromatic N) is 1. The Morgan fingerprint density at radius 1 is 0.714 bits per heavy atom. The van der Waals surface area contributed by atoms with E-state index in [0.717, 1.165) is 32.1 Å². The topological polar surface area (TPSA) is 18.1 Å². The van der Waals surface area contributed by atoms with Crippen LogP contribution in [0.2, 0.25) is 0 Å². The molecular formula is C25H16BrNO. The first-order chi connectivity index (χ1) is 13.7. The third kappa shape index (κ3) is 2.08. The molecule has 134 valence electrons. The average molecular weight is 426 g/mol. The molecule has 6 rings (SSSR count). The van der Waals surface area contributed by atoms with E-state index in [1.165, 1.54) is 27.4 Å². The predicted molar refractivity (Wildman–Crippen MR) is 120 cm³/mol. The van der Waals surface area contributed by atoms with Gasteiger partial charge in [-0.05, 0) is 58.7 Å². The summed E-state index contributed by atoms with van der Waals surface area (Å²) in [6.45, 7) is 2.08. The van der Waals surface area contributed by atoms with Gasteiger partial charge in [0.1, 0.15) is 11.2 Å².